The van der Waals surface area contributed by atoms with E-state index in [9.17, 15) is 5.11 Å². The summed E-state index contributed by atoms with van der Waals surface area (Å²) in [5.41, 5.74) is 1.99. The van der Waals surface area contributed by atoms with Gasteiger partial charge in [-0.1, -0.05) is 42.5 Å². The van der Waals surface area contributed by atoms with E-state index in [4.69, 9.17) is 28.4 Å². The van der Waals surface area contributed by atoms with Crippen LogP contribution in [0.1, 0.15) is 27.8 Å². The maximum absolute atomic E-state index is 13.0. The predicted molar refractivity (Wildman–Crippen MR) is 169 cm³/mol. The van der Waals surface area contributed by atoms with Crippen molar-refractivity contribution in [3.05, 3.63) is 143 Å². The predicted octanol–water partition coefficient (Wildman–Crippen LogP) is 7.16. The van der Waals surface area contributed by atoms with Gasteiger partial charge < -0.3 is 33.5 Å². The minimum absolute atomic E-state index is 0.201. The molecule has 0 radical (unpaired) electrons. The van der Waals surface area contributed by atoms with E-state index < -0.39 is 5.60 Å². The Labute approximate surface area is 258 Å². The Morgan fingerprint density at radius 2 is 0.727 bits per heavy atom. The first kappa shape index (κ1) is 30.3. The molecule has 0 aliphatic rings. The van der Waals surface area contributed by atoms with Crippen LogP contribution in [-0.4, -0.2) is 33.5 Å². The first-order valence-electron chi connectivity index (χ1n) is 14.1. The van der Waals surface area contributed by atoms with Crippen LogP contribution in [0.2, 0.25) is 0 Å². The summed E-state index contributed by atoms with van der Waals surface area (Å²) in [5, 5.41) is 13.0. The average Bonchev–Trinajstić information content (AvgIpc) is 3.10. The molecule has 1 N–H and O–H groups in total. The van der Waals surface area contributed by atoms with Crippen LogP contribution in [0.3, 0.4) is 0 Å². The first-order chi connectivity index (χ1) is 21.5. The maximum atomic E-state index is 13.0. The van der Waals surface area contributed by atoms with Gasteiger partial charge in [0.05, 0.1) is 28.4 Å². The van der Waals surface area contributed by atoms with Crippen LogP contribution in [0.25, 0.3) is 0 Å². The monoisotopic (exact) mass is 592 g/mol. The molecular weight excluding hydrogens is 556 g/mol. The van der Waals surface area contributed by atoms with Crippen LogP contribution in [0.4, 0.5) is 0 Å². The zero-order valence-electron chi connectivity index (χ0n) is 25.3. The van der Waals surface area contributed by atoms with Gasteiger partial charge >= 0.3 is 0 Å². The lowest BCUT2D eigenvalue weighted by Crippen LogP contribution is -2.32. The lowest BCUT2D eigenvalue weighted by Gasteiger charge is -2.34. The Balaban J connectivity index is 1.63. The summed E-state index contributed by atoms with van der Waals surface area (Å²) in [7, 11) is 6.48. The lowest BCUT2D eigenvalue weighted by atomic mass is 9.76. The van der Waals surface area contributed by atoms with Gasteiger partial charge in [0.1, 0.15) is 53.3 Å². The number of aliphatic hydroxyl groups is 1. The van der Waals surface area contributed by atoms with Crippen molar-refractivity contribution < 1.29 is 33.5 Å². The molecule has 0 atom stereocenters. The van der Waals surface area contributed by atoms with Gasteiger partial charge in [0.15, 0.2) is 0 Å². The Kier molecular flexibility index (Phi) is 9.57. The van der Waals surface area contributed by atoms with E-state index in [0.717, 1.165) is 22.6 Å². The average molecular weight is 593 g/mol. The third kappa shape index (κ3) is 6.58. The number of hydrogen-bond acceptors (Lipinski definition) is 7. The standard InChI is InChI=1S/C37H36O7/c1-39-30-12-8-28(9-13-30)37(38,29-10-14-31(40-2)15-11-29)36-26(24-43-34-20-16-32(41-3)17-21-34)6-5-7-27(36)25-44-35-22-18-33(42-4)19-23-35/h5-23,38H,24-25H2,1-4H3. The highest BCUT2D eigenvalue weighted by atomic mass is 16.5. The fourth-order valence-corrected chi connectivity index (χ4v) is 5.14. The Hall–Kier alpha value is -5.14. The molecular formula is C37H36O7. The number of benzene rings is 5. The normalized spacial score (nSPS) is 11.0. The smallest absolute Gasteiger partial charge is 0.141 e. The first-order valence-corrected chi connectivity index (χ1v) is 14.1. The number of hydrogen-bond donors (Lipinski definition) is 1. The van der Waals surface area contributed by atoms with Crippen LogP contribution in [0.5, 0.6) is 34.5 Å². The second kappa shape index (κ2) is 13.9. The Morgan fingerprint density at radius 3 is 1.05 bits per heavy atom. The molecule has 5 aromatic rings. The summed E-state index contributed by atoms with van der Waals surface area (Å²) < 4.78 is 33.9. The molecule has 0 fully saturated rings. The number of methoxy groups -OCH3 is 4. The molecule has 5 aromatic carbocycles. The van der Waals surface area contributed by atoms with E-state index in [1.165, 1.54) is 0 Å². The van der Waals surface area contributed by atoms with Gasteiger partial charge in [0.25, 0.3) is 0 Å². The van der Waals surface area contributed by atoms with Crippen LogP contribution >= 0.6 is 0 Å². The van der Waals surface area contributed by atoms with Crippen molar-refractivity contribution in [3.63, 3.8) is 0 Å². The zero-order valence-corrected chi connectivity index (χ0v) is 25.3. The van der Waals surface area contributed by atoms with Crippen molar-refractivity contribution in [2.45, 2.75) is 18.8 Å². The highest BCUT2D eigenvalue weighted by Gasteiger charge is 2.38. The minimum Gasteiger partial charge on any atom is -0.497 e. The van der Waals surface area contributed by atoms with Crippen molar-refractivity contribution >= 4 is 0 Å². The SMILES string of the molecule is COc1ccc(OCc2cccc(COc3ccc(OC)cc3)c2C(O)(c2ccc(OC)cc2)c2ccc(OC)cc2)cc1. The summed E-state index contributed by atoms with van der Waals surface area (Å²) in [6.45, 7) is 0.402. The van der Waals surface area contributed by atoms with E-state index in [1.807, 2.05) is 115 Å². The quantitative estimate of drug-likeness (QED) is 0.145. The minimum atomic E-state index is -1.59. The van der Waals surface area contributed by atoms with E-state index in [-0.39, 0.29) is 13.2 Å². The molecule has 0 bridgehead atoms. The molecule has 0 unspecified atom stereocenters. The van der Waals surface area contributed by atoms with Gasteiger partial charge in [0, 0.05) is 5.56 Å². The molecule has 0 saturated heterocycles. The molecule has 0 aliphatic carbocycles. The summed E-state index contributed by atoms with van der Waals surface area (Å²) >= 11 is 0. The van der Waals surface area contributed by atoms with Crippen LogP contribution in [0.15, 0.2) is 115 Å². The molecule has 7 heteroatoms. The lowest BCUT2D eigenvalue weighted by molar-refractivity contribution is 0.120. The largest absolute Gasteiger partial charge is 0.497 e. The summed E-state index contributed by atoms with van der Waals surface area (Å²) in [6.07, 6.45) is 0. The number of ether oxygens (including phenoxy) is 6. The summed E-state index contributed by atoms with van der Waals surface area (Å²) in [6, 6.07) is 35.6. The molecule has 226 valence electrons. The topological polar surface area (TPSA) is 75.6 Å². The molecule has 0 aliphatic heterocycles. The van der Waals surface area contributed by atoms with Crippen molar-refractivity contribution in [2.24, 2.45) is 0 Å². The van der Waals surface area contributed by atoms with Gasteiger partial charge in [0.2, 0.25) is 0 Å². The van der Waals surface area contributed by atoms with Crippen LogP contribution in [0, 0.1) is 0 Å². The maximum Gasteiger partial charge on any atom is 0.141 e. The van der Waals surface area contributed by atoms with E-state index in [0.29, 0.717) is 39.7 Å². The van der Waals surface area contributed by atoms with E-state index in [2.05, 4.69) is 0 Å². The molecule has 0 saturated carbocycles. The van der Waals surface area contributed by atoms with Gasteiger partial charge in [-0.15, -0.1) is 0 Å². The van der Waals surface area contributed by atoms with Gasteiger partial charge in [-0.3, -0.25) is 0 Å². The van der Waals surface area contributed by atoms with Crippen molar-refractivity contribution in [3.8, 4) is 34.5 Å². The molecule has 0 amide bonds. The molecule has 7 nitrogen and oxygen atoms in total. The highest BCUT2D eigenvalue weighted by Crippen LogP contribution is 2.42. The summed E-state index contributed by atoms with van der Waals surface area (Å²) in [5.74, 6) is 4.20. The molecule has 44 heavy (non-hydrogen) atoms. The molecule has 0 spiro atoms. The van der Waals surface area contributed by atoms with Gasteiger partial charge in [-0.05, 0) is 95.1 Å². The Morgan fingerprint density at radius 1 is 0.432 bits per heavy atom. The molecule has 5 rings (SSSR count). The number of rotatable bonds is 13. The fourth-order valence-electron chi connectivity index (χ4n) is 5.14. The molecule has 0 heterocycles. The van der Waals surface area contributed by atoms with Crippen LogP contribution < -0.4 is 28.4 Å². The van der Waals surface area contributed by atoms with Gasteiger partial charge in [-0.25, -0.2) is 0 Å². The van der Waals surface area contributed by atoms with Crippen molar-refractivity contribution in [1.29, 1.82) is 0 Å². The molecule has 0 aromatic heterocycles. The van der Waals surface area contributed by atoms with Gasteiger partial charge in [-0.2, -0.15) is 0 Å². The highest BCUT2D eigenvalue weighted by molar-refractivity contribution is 5.54. The Bertz CT molecular complexity index is 1510. The summed E-state index contributed by atoms with van der Waals surface area (Å²) in [4.78, 5) is 0. The second-order valence-electron chi connectivity index (χ2n) is 10.0. The van der Waals surface area contributed by atoms with Crippen LogP contribution in [-0.2, 0) is 18.8 Å². The van der Waals surface area contributed by atoms with E-state index in [1.54, 1.807) is 28.4 Å². The van der Waals surface area contributed by atoms with Crippen molar-refractivity contribution in [1.82, 2.24) is 0 Å². The second-order valence-corrected chi connectivity index (χ2v) is 10.0. The fraction of sp³-hybridized carbons (Fsp3) is 0.189. The zero-order chi connectivity index (χ0) is 30.9. The third-order valence-corrected chi connectivity index (χ3v) is 7.52. The third-order valence-electron chi connectivity index (χ3n) is 7.52. The van der Waals surface area contributed by atoms with E-state index >= 15 is 0 Å². The van der Waals surface area contributed by atoms with Crippen molar-refractivity contribution in [2.75, 3.05) is 28.4 Å².